The van der Waals surface area contributed by atoms with Gasteiger partial charge in [0, 0.05) is 31.9 Å². The van der Waals surface area contributed by atoms with Gasteiger partial charge in [-0.1, -0.05) is 22.9 Å². The molecule has 0 spiro atoms. The lowest BCUT2D eigenvalue weighted by atomic mass is 10.2. The van der Waals surface area contributed by atoms with E-state index in [-0.39, 0.29) is 12.4 Å². The average molecular weight is 328 g/mol. The van der Waals surface area contributed by atoms with Gasteiger partial charge in [0.15, 0.2) is 5.13 Å². The average Bonchev–Trinajstić information content (AvgIpc) is 2.89. The molecule has 0 radical (unpaired) electrons. The number of benzene rings is 1. The van der Waals surface area contributed by atoms with Crippen molar-refractivity contribution in [3.05, 3.63) is 40.1 Å². The van der Waals surface area contributed by atoms with E-state index >= 15 is 0 Å². The quantitative estimate of drug-likeness (QED) is 0.941. The summed E-state index contributed by atoms with van der Waals surface area (Å²) >= 11 is 7.40. The number of aliphatic hydroxyl groups is 1. The van der Waals surface area contributed by atoms with E-state index in [4.69, 9.17) is 11.6 Å². The van der Waals surface area contributed by atoms with Crippen molar-refractivity contribution < 1.29 is 9.50 Å². The summed E-state index contributed by atoms with van der Waals surface area (Å²) in [5.74, 6) is -0.216. The third kappa shape index (κ3) is 3.12. The summed E-state index contributed by atoms with van der Waals surface area (Å²) in [4.78, 5) is 9.38. The van der Waals surface area contributed by atoms with Crippen LogP contribution in [-0.2, 0) is 6.61 Å². The molecule has 1 aromatic carbocycles. The Kier molecular flexibility index (Phi) is 4.28. The molecule has 1 saturated heterocycles. The van der Waals surface area contributed by atoms with E-state index in [1.54, 1.807) is 12.1 Å². The van der Waals surface area contributed by atoms with Gasteiger partial charge in [-0.2, -0.15) is 0 Å². The van der Waals surface area contributed by atoms with Crippen LogP contribution in [0, 0.1) is 5.82 Å². The van der Waals surface area contributed by atoms with Crippen molar-refractivity contribution in [2.24, 2.45) is 0 Å². The molecule has 2 heterocycles. The molecule has 1 fully saturated rings. The van der Waals surface area contributed by atoms with Crippen molar-refractivity contribution in [1.82, 2.24) is 4.98 Å². The fraction of sp³-hybridized carbons (Fsp3) is 0.357. The van der Waals surface area contributed by atoms with Crippen LogP contribution in [0.3, 0.4) is 0 Å². The summed E-state index contributed by atoms with van der Waals surface area (Å²) in [6.07, 6.45) is 0. The number of aliphatic hydroxyl groups excluding tert-OH is 1. The predicted octanol–water partition coefficient (Wildman–Crippen LogP) is 2.75. The first kappa shape index (κ1) is 14.6. The molecular weight excluding hydrogens is 313 g/mol. The highest BCUT2D eigenvalue weighted by atomic mass is 35.5. The number of anilines is 2. The van der Waals surface area contributed by atoms with Gasteiger partial charge in [0.25, 0.3) is 0 Å². The van der Waals surface area contributed by atoms with Crippen molar-refractivity contribution >= 4 is 33.8 Å². The third-order valence-electron chi connectivity index (χ3n) is 3.52. The maximum atomic E-state index is 12.9. The van der Waals surface area contributed by atoms with Gasteiger partial charge in [-0.05, 0) is 24.3 Å². The first-order valence-corrected chi connectivity index (χ1v) is 7.88. The van der Waals surface area contributed by atoms with E-state index in [0.717, 1.165) is 37.0 Å². The van der Waals surface area contributed by atoms with Crippen LogP contribution in [0.25, 0.3) is 0 Å². The Balaban J connectivity index is 1.65. The molecule has 1 aromatic heterocycles. The van der Waals surface area contributed by atoms with Gasteiger partial charge in [0.05, 0.1) is 11.5 Å². The summed E-state index contributed by atoms with van der Waals surface area (Å²) in [6.45, 7) is 3.26. The second kappa shape index (κ2) is 6.17. The molecule has 112 valence electrons. The summed E-state index contributed by atoms with van der Waals surface area (Å²) in [5.41, 5.74) is 1.03. The van der Waals surface area contributed by atoms with Crippen LogP contribution in [0.15, 0.2) is 24.3 Å². The van der Waals surface area contributed by atoms with Crippen LogP contribution < -0.4 is 9.80 Å². The van der Waals surface area contributed by atoms with Gasteiger partial charge in [0.1, 0.15) is 11.0 Å². The van der Waals surface area contributed by atoms with Crippen LogP contribution in [0.2, 0.25) is 5.15 Å². The Hall–Kier alpha value is -1.37. The second-order valence-corrected chi connectivity index (χ2v) is 6.24. The fourth-order valence-electron chi connectivity index (χ4n) is 2.36. The first-order valence-electron chi connectivity index (χ1n) is 6.69. The zero-order valence-electron chi connectivity index (χ0n) is 11.3. The molecule has 0 atom stereocenters. The topological polar surface area (TPSA) is 39.6 Å². The largest absolute Gasteiger partial charge is 0.391 e. The molecule has 21 heavy (non-hydrogen) atoms. The molecule has 2 aromatic rings. The van der Waals surface area contributed by atoms with Crippen molar-refractivity contribution in [2.45, 2.75) is 6.61 Å². The standard InChI is InChI=1S/C14H15ClFN3OS/c15-13-12(9-20)21-14(17-13)19-7-5-18(6-8-19)11-3-1-10(16)2-4-11/h1-4,20H,5-9H2. The predicted molar refractivity (Wildman–Crippen MR) is 83.9 cm³/mol. The Morgan fingerprint density at radius 2 is 1.76 bits per heavy atom. The molecule has 0 amide bonds. The number of thiazole rings is 1. The normalized spacial score (nSPS) is 15.6. The van der Waals surface area contributed by atoms with Crippen molar-refractivity contribution in [3.63, 3.8) is 0 Å². The maximum Gasteiger partial charge on any atom is 0.187 e. The molecular formula is C14H15ClFN3OS. The number of nitrogens with zero attached hydrogens (tertiary/aromatic N) is 3. The van der Waals surface area contributed by atoms with Crippen LogP contribution >= 0.6 is 22.9 Å². The molecule has 1 aliphatic rings. The molecule has 3 rings (SSSR count). The number of halogens is 2. The number of aromatic nitrogens is 1. The van der Waals surface area contributed by atoms with Crippen LogP contribution in [0.4, 0.5) is 15.2 Å². The summed E-state index contributed by atoms with van der Waals surface area (Å²) < 4.78 is 12.9. The zero-order chi connectivity index (χ0) is 14.8. The minimum atomic E-state index is -0.216. The van der Waals surface area contributed by atoms with E-state index in [2.05, 4.69) is 14.8 Å². The second-order valence-electron chi connectivity index (χ2n) is 4.82. The number of rotatable bonds is 3. The summed E-state index contributed by atoms with van der Waals surface area (Å²) in [7, 11) is 0. The van der Waals surface area contributed by atoms with Gasteiger partial charge in [0.2, 0.25) is 0 Å². The molecule has 1 aliphatic heterocycles. The molecule has 0 aliphatic carbocycles. The van der Waals surface area contributed by atoms with E-state index < -0.39 is 0 Å². The van der Waals surface area contributed by atoms with E-state index in [9.17, 15) is 9.50 Å². The Morgan fingerprint density at radius 1 is 1.14 bits per heavy atom. The fourth-order valence-corrected chi connectivity index (χ4v) is 3.53. The first-order chi connectivity index (χ1) is 10.2. The lowest BCUT2D eigenvalue weighted by molar-refractivity contribution is 0.285. The smallest absolute Gasteiger partial charge is 0.187 e. The highest BCUT2D eigenvalue weighted by Crippen LogP contribution is 2.30. The summed E-state index contributed by atoms with van der Waals surface area (Å²) in [6, 6.07) is 6.57. The van der Waals surface area contributed by atoms with Gasteiger partial charge < -0.3 is 14.9 Å². The number of hydrogen-bond acceptors (Lipinski definition) is 5. The van der Waals surface area contributed by atoms with Crippen molar-refractivity contribution in [1.29, 1.82) is 0 Å². The lowest BCUT2D eigenvalue weighted by Crippen LogP contribution is -2.46. The SMILES string of the molecule is OCc1sc(N2CCN(c3ccc(F)cc3)CC2)nc1Cl. The third-order valence-corrected chi connectivity index (χ3v) is 5.05. The maximum absolute atomic E-state index is 12.9. The molecule has 0 bridgehead atoms. The lowest BCUT2D eigenvalue weighted by Gasteiger charge is -2.36. The Morgan fingerprint density at radius 3 is 2.33 bits per heavy atom. The van der Waals surface area contributed by atoms with E-state index in [0.29, 0.717) is 10.0 Å². The van der Waals surface area contributed by atoms with Gasteiger partial charge in [-0.3, -0.25) is 0 Å². The Bertz CT molecular complexity index is 611. The molecule has 1 N–H and O–H groups in total. The minimum Gasteiger partial charge on any atom is -0.391 e. The van der Waals surface area contributed by atoms with Gasteiger partial charge in [-0.15, -0.1) is 0 Å². The molecule has 4 nitrogen and oxygen atoms in total. The van der Waals surface area contributed by atoms with Crippen LogP contribution in [0.5, 0.6) is 0 Å². The van der Waals surface area contributed by atoms with E-state index in [1.807, 2.05) is 0 Å². The number of piperazine rings is 1. The van der Waals surface area contributed by atoms with Gasteiger partial charge >= 0.3 is 0 Å². The van der Waals surface area contributed by atoms with Crippen molar-refractivity contribution in [2.75, 3.05) is 36.0 Å². The van der Waals surface area contributed by atoms with Crippen molar-refractivity contribution in [3.8, 4) is 0 Å². The minimum absolute atomic E-state index is 0.0773. The molecule has 7 heteroatoms. The zero-order valence-corrected chi connectivity index (χ0v) is 12.9. The highest BCUT2D eigenvalue weighted by Gasteiger charge is 2.21. The summed E-state index contributed by atoms with van der Waals surface area (Å²) in [5, 5.41) is 10.4. The monoisotopic (exact) mass is 327 g/mol. The molecule has 0 unspecified atom stereocenters. The highest BCUT2D eigenvalue weighted by molar-refractivity contribution is 7.16. The van der Waals surface area contributed by atoms with Gasteiger partial charge in [-0.25, -0.2) is 9.37 Å². The van der Waals surface area contributed by atoms with Crippen LogP contribution in [-0.4, -0.2) is 36.3 Å². The van der Waals surface area contributed by atoms with E-state index in [1.165, 1.54) is 23.5 Å². The van der Waals surface area contributed by atoms with Crippen LogP contribution in [0.1, 0.15) is 4.88 Å². The Labute approximate surface area is 131 Å². The number of hydrogen-bond donors (Lipinski definition) is 1. The molecule has 0 saturated carbocycles.